The smallest absolute Gasteiger partial charge is 0.250 e. The molecule has 0 radical (unpaired) electrons. The third-order valence-corrected chi connectivity index (χ3v) is 3.55. The van der Waals surface area contributed by atoms with Crippen LogP contribution in [-0.2, 0) is 10.8 Å². The first-order valence-electron chi connectivity index (χ1n) is 3.05. The third-order valence-electron chi connectivity index (χ3n) is 1.17. The van der Waals surface area contributed by atoms with E-state index in [1.807, 2.05) is 0 Å². The largest absolute Gasteiger partial charge is 0.270 e. The molecule has 0 fully saturated rings. The molecule has 1 nitrogen and oxygen atoms in total. The van der Waals surface area contributed by atoms with Crippen molar-refractivity contribution in [2.75, 3.05) is 0 Å². The Balaban J connectivity index is 2.94. The Hall–Kier alpha value is 0.240. The Morgan fingerprint density at radius 3 is 2.00 bits per heavy atom. The van der Waals surface area contributed by atoms with Gasteiger partial charge in [0.1, 0.15) is 10.8 Å². The first-order valence-corrected chi connectivity index (χ1v) is 5.34. The first kappa shape index (κ1) is 10.3. The van der Waals surface area contributed by atoms with Crippen LogP contribution in [0, 0.1) is 0 Å². The minimum absolute atomic E-state index is 0.512. The molecule has 0 bridgehead atoms. The van der Waals surface area contributed by atoms with Crippen LogP contribution in [-0.4, -0.2) is 7.33 Å². The SMILES string of the molecule is O=[S@](c1ccccc1)C(Cl)(Cl)Cl. The maximum absolute atomic E-state index is 11.4. The van der Waals surface area contributed by atoms with Crippen molar-refractivity contribution in [2.45, 2.75) is 8.02 Å². The fraction of sp³-hybridized carbons (Fsp3) is 0.143. The van der Waals surface area contributed by atoms with Crippen LogP contribution < -0.4 is 0 Å². The van der Waals surface area contributed by atoms with Crippen LogP contribution in [0.25, 0.3) is 0 Å². The summed E-state index contributed by atoms with van der Waals surface area (Å²) in [5, 5.41) is 0. The summed E-state index contributed by atoms with van der Waals surface area (Å²) >= 11 is 16.3. The van der Waals surface area contributed by atoms with E-state index >= 15 is 0 Å². The third kappa shape index (κ3) is 2.63. The Morgan fingerprint density at radius 2 is 1.58 bits per heavy atom. The lowest BCUT2D eigenvalue weighted by Gasteiger charge is -2.09. The second-order valence-electron chi connectivity index (χ2n) is 2.03. The standard InChI is InChI=1S/C7H5Cl3OS/c8-7(9,10)12(11)6-4-2-1-3-5-6/h1-5H/t12-/m1/s1. The zero-order valence-electron chi connectivity index (χ0n) is 5.84. The topological polar surface area (TPSA) is 17.1 Å². The predicted molar refractivity (Wildman–Crippen MR) is 53.1 cm³/mol. The molecule has 66 valence electrons. The van der Waals surface area contributed by atoms with Crippen molar-refractivity contribution in [3.05, 3.63) is 30.3 Å². The fourth-order valence-corrected chi connectivity index (χ4v) is 2.15. The van der Waals surface area contributed by atoms with Crippen molar-refractivity contribution in [2.24, 2.45) is 0 Å². The van der Waals surface area contributed by atoms with Gasteiger partial charge in [0.2, 0.25) is 0 Å². The Labute approximate surface area is 88.1 Å². The van der Waals surface area contributed by atoms with Gasteiger partial charge in [0.25, 0.3) is 3.12 Å². The van der Waals surface area contributed by atoms with E-state index in [1.165, 1.54) is 0 Å². The van der Waals surface area contributed by atoms with Gasteiger partial charge in [-0.05, 0) is 12.1 Å². The quantitative estimate of drug-likeness (QED) is 0.693. The highest BCUT2D eigenvalue weighted by atomic mass is 35.6. The molecule has 0 heterocycles. The van der Waals surface area contributed by atoms with Gasteiger partial charge in [-0.15, -0.1) is 0 Å². The maximum Gasteiger partial charge on any atom is 0.270 e. The van der Waals surface area contributed by atoms with Crippen LogP contribution >= 0.6 is 34.8 Å². The molecular formula is C7H5Cl3OS. The van der Waals surface area contributed by atoms with E-state index in [0.29, 0.717) is 4.90 Å². The van der Waals surface area contributed by atoms with Gasteiger partial charge in [0.05, 0.1) is 0 Å². The van der Waals surface area contributed by atoms with Crippen LogP contribution in [0.4, 0.5) is 0 Å². The molecule has 0 aromatic heterocycles. The molecule has 0 spiro atoms. The monoisotopic (exact) mass is 242 g/mol. The number of hydrogen-bond donors (Lipinski definition) is 0. The van der Waals surface area contributed by atoms with Gasteiger partial charge in [-0.2, -0.15) is 0 Å². The van der Waals surface area contributed by atoms with E-state index in [1.54, 1.807) is 30.3 Å². The molecule has 1 atom stereocenters. The van der Waals surface area contributed by atoms with Gasteiger partial charge >= 0.3 is 0 Å². The molecule has 1 aromatic carbocycles. The lowest BCUT2D eigenvalue weighted by Crippen LogP contribution is -2.11. The Kier molecular flexibility index (Phi) is 3.41. The van der Waals surface area contributed by atoms with Crippen molar-refractivity contribution in [3.63, 3.8) is 0 Å². The molecule has 1 rings (SSSR count). The van der Waals surface area contributed by atoms with Gasteiger partial charge in [-0.3, -0.25) is 0 Å². The highest BCUT2D eigenvalue weighted by Crippen LogP contribution is 2.33. The zero-order chi connectivity index (χ0) is 9.19. The van der Waals surface area contributed by atoms with E-state index < -0.39 is 13.9 Å². The number of alkyl halides is 3. The van der Waals surface area contributed by atoms with Gasteiger partial charge < -0.3 is 0 Å². The van der Waals surface area contributed by atoms with E-state index in [0.717, 1.165) is 0 Å². The molecule has 5 heteroatoms. The van der Waals surface area contributed by atoms with E-state index in [2.05, 4.69) is 0 Å². The summed E-state index contributed by atoms with van der Waals surface area (Å²) in [4.78, 5) is 0.512. The molecule has 0 amide bonds. The normalized spacial score (nSPS) is 14.2. The van der Waals surface area contributed by atoms with Gasteiger partial charge in [0.15, 0.2) is 0 Å². The molecule has 0 saturated heterocycles. The van der Waals surface area contributed by atoms with Crippen LogP contribution in [0.2, 0.25) is 0 Å². The highest BCUT2D eigenvalue weighted by Gasteiger charge is 2.29. The van der Waals surface area contributed by atoms with Gasteiger partial charge in [-0.25, -0.2) is 4.21 Å². The van der Waals surface area contributed by atoms with Gasteiger partial charge in [-0.1, -0.05) is 53.0 Å². The minimum atomic E-state index is -1.75. The van der Waals surface area contributed by atoms with Crippen LogP contribution in [0.5, 0.6) is 0 Å². The Morgan fingerprint density at radius 1 is 1.08 bits per heavy atom. The Bertz CT molecular complexity index is 280. The number of hydrogen-bond acceptors (Lipinski definition) is 1. The van der Waals surface area contributed by atoms with Crippen LogP contribution in [0.15, 0.2) is 35.2 Å². The summed E-state index contributed by atoms with van der Waals surface area (Å²) in [6.45, 7) is 0. The zero-order valence-corrected chi connectivity index (χ0v) is 8.92. The average Bonchev–Trinajstić information content (AvgIpc) is 2.03. The molecule has 1 aromatic rings. The fourth-order valence-electron chi connectivity index (χ4n) is 0.678. The van der Waals surface area contributed by atoms with Crippen molar-refractivity contribution in [3.8, 4) is 0 Å². The second kappa shape index (κ2) is 3.97. The minimum Gasteiger partial charge on any atom is -0.250 e. The highest BCUT2D eigenvalue weighted by molar-refractivity contribution is 7.91. The number of rotatable bonds is 1. The van der Waals surface area contributed by atoms with Crippen molar-refractivity contribution >= 4 is 45.6 Å². The van der Waals surface area contributed by atoms with Gasteiger partial charge in [0, 0.05) is 4.90 Å². The van der Waals surface area contributed by atoms with Crippen LogP contribution in [0.3, 0.4) is 0 Å². The average molecular weight is 244 g/mol. The predicted octanol–water partition coefficient (Wildman–Crippen LogP) is 3.12. The van der Waals surface area contributed by atoms with E-state index in [9.17, 15) is 4.21 Å². The van der Waals surface area contributed by atoms with Crippen molar-refractivity contribution in [1.82, 2.24) is 0 Å². The lowest BCUT2D eigenvalue weighted by atomic mass is 10.4. The molecule has 0 aliphatic heterocycles. The summed E-state index contributed by atoms with van der Waals surface area (Å²) in [7, 11) is -1.60. The summed E-state index contributed by atoms with van der Waals surface area (Å²) in [6.07, 6.45) is 0. The molecule has 0 aliphatic rings. The summed E-state index contributed by atoms with van der Waals surface area (Å²) in [5.41, 5.74) is 0. The van der Waals surface area contributed by atoms with Crippen molar-refractivity contribution < 1.29 is 4.21 Å². The van der Waals surface area contributed by atoms with Crippen LogP contribution in [0.1, 0.15) is 0 Å². The molecule has 12 heavy (non-hydrogen) atoms. The van der Waals surface area contributed by atoms with E-state index in [-0.39, 0.29) is 0 Å². The van der Waals surface area contributed by atoms with E-state index in [4.69, 9.17) is 34.8 Å². The summed E-state index contributed by atoms with van der Waals surface area (Å²) in [5.74, 6) is 0. The first-order chi connectivity index (χ1) is 5.52. The molecular weight excluding hydrogens is 239 g/mol. The summed E-state index contributed by atoms with van der Waals surface area (Å²) < 4.78 is 9.63. The number of halogens is 3. The molecule has 0 aliphatic carbocycles. The molecule has 0 N–H and O–H groups in total. The lowest BCUT2D eigenvalue weighted by molar-refractivity contribution is 0.683. The maximum atomic E-state index is 11.4. The summed E-state index contributed by atoms with van der Waals surface area (Å²) in [6, 6.07) is 8.59. The molecule has 0 saturated carbocycles. The van der Waals surface area contributed by atoms with Crippen molar-refractivity contribution in [1.29, 1.82) is 0 Å². The number of benzene rings is 1. The second-order valence-corrected chi connectivity index (χ2v) is 6.60. The molecule has 0 unspecified atom stereocenters.